The van der Waals surface area contributed by atoms with Gasteiger partial charge in [0.1, 0.15) is 11.6 Å². The van der Waals surface area contributed by atoms with Gasteiger partial charge in [0.05, 0.1) is 14.1 Å². The molecule has 1 aromatic carbocycles. The number of carbonyl (C=O) groups is 2. The van der Waals surface area contributed by atoms with Crippen LogP contribution in [0.4, 0.5) is 4.79 Å². The van der Waals surface area contributed by atoms with Crippen molar-refractivity contribution in [2.75, 3.05) is 14.1 Å². The molecule has 25 heavy (non-hydrogen) atoms. The van der Waals surface area contributed by atoms with Gasteiger partial charge in [-0.1, -0.05) is 47.5 Å². The predicted octanol–water partition coefficient (Wildman–Crippen LogP) is 1.14. The van der Waals surface area contributed by atoms with E-state index in [9.17, 15) is 14.9 Å². The fourth-order valence-electron chi connectivity index (χ4n) is 2.85. The summed E-state index contributed by atoms with van der Waals surface area (Å²) >= 11 is 0. The Bertz CT molecular complexity index is 932. The molecular weight excluding hydrogens is 318 g/mol. The summed E-state index contributed by atoms with van der Waals surface area (Å²) in [6.07, 6.45) is 3.49. The normalized spacial score (nSPS) is 20.8. The lowest BCUT2D eigenvalue weighted by Gasteiger charge is -2.27. The fourth-order valence-corrected chi connectivity index (χ4v) is 2.85. The molecule has 1 aromatic rings. The quantitative estimate of drug-likeness (QED) is 0.819. The summed E-state index contributed by atoms with van der Waals surface area (Å²) in [5.41, 5.74) is 7.39. The van der Waals surface area contributed by atoms with Crippen LogP contribution in [0.3, 0.4) is 0 Å². The summed E-state index contributed by atoms with van der Waals surface area (Å²) in [6.45, 7) is 0. The number of amides is 3. The van der Waals surface area contributed by atoms with Gasteiger partial charge in [0.15, 0.2) is 5.92 Å². The van der Waals surface area contributed by atoms with E-state index in [-0.39, 0.29) is 17.2 Å². The molecule has 7 nitrogen and oxygen atoms in total. The molecule has 1 atom stereocenters. The molecule has 3 amide bonds. The van der Waals surface area contributed by atoms with Crippen LogP contribution in [-0.4, -0.2) is 47.2 Å². The molecule has 3 rings (SSSR count). The maximum Gasteiger partial charge on any atom is 0.445 e. The van der Waals surface area contributed by atoms with Gasteiger partial charge in [-0.05, 0) is 11.1 Å². The first-order chi connectivity index (χ1) is 12.0. The molecule has 2 heterocycles. The number of urea groups is 1. The minimum Gasteiger partial charge on any atom is -0.369 e. The van der Waals surface area contributed by atoms with Crippen LogP contribution in [0, 0.1) is 17.2 Å². The zero-order chi connectivity index (χ0) is 18.1. The Labute approximate surface area is 144 Å². The zero-order valence-corrected chi connectivity index (χ0v) is 13.8. The molecule has 0 spiro atoms. The Hall–Kier alpha value is -3.53. The van der Waals surface area contributed by atoms with E-state index in [0.717, 1.165) is 10.5 Å². The van der Waals surface area contributed by atoms with Crippen molar-refractivity contribution in [2.24, 2.45) is 16.6 Å². The first-order valence-corrected chi connectivity index (χ1v) is 7.59. The second kappa shape index (κ2) is 6.17. The standard InChI is InChI=1S/C18H15N5O2/c1-22-16-14(17(24)23(2)18(22)25)12(13(10-19)15(20)21-16)9-8-11-6-4-3-5-7-11/h3-9,14,20H,1-2H3/p+1/b9-8+. The van der Waals surface area contributed by atoms with Gasteiger partial charge in [0, 0.05) is 0 Å². The molecule has 0 fully saturated rings. The van der Waals surface area contributed by atoms with Crippen LogP contribution in [0.5, 0.6) is 0 Å². The number of allylic oxidation sites excluding steroid dienone is 1. The van der Waals surface area contributed by atoms with Gasteiger partial charge in [0.25, 0.3) is 5.84 Å². The minimum atomic E-state index is -0.838. The van der Waals surface area contributed by atoms with Crippen molar-refractivity contribution in [1.29, 1.82) is 5.26 Å². The maximum absolute atomic E-state index is 12.7. The lowest BCUT2D eigenvalue weighted by Crippen LogP contribution is -2.53. The number of dihydropyridines is 1. The number of nitriles is 1. The smallest absolute Gasteiger partial charge is 0.369 e. The van der Waals surface area contributed by atoms with Crippen molar-refractivity contribution < 1.29 is 14.2 Å². The van der Waals surface area contributed by atoms with E-state index in [1.165, 1.54) is 18.7 Å². The zero-order valence-electron chi connectivity index (χ0n) is 13.8. The van der Waals surface area contributed by atoms with Gasteiger partial charge in [-0.25, -0.2) is 4.79 Å². The number of imide groups is 1. The average molecular weight is 334 g/mol. The summed E-state index contributed by atoms with van der Waals surface area (Å²) in [5, 5.41) is 9.47. The van der Waals surface area contributed by atoms with Gasteiger partial charge in [-0.15, -0.1) is 0 Å². The van der Waals surface area contributed by atoms with Crippen LogP contribution in [-0.2, 0) is 4.79 Å². The number of amidine groups is 2. The van der Waals surface area contributed by atoms with E-state index in [2.05, 4.69) is 4.99 Å². The van der Waals surface area contributed by atoms with Crippen LogP contribution < -0.4 is 5.73 Å². The van der Waals surface area contributed by atoms with Crippen molar-refractivity contribution >= 4 is 29.7 Å². The van der Waals surface area contributed by atoms with E-state index in [0.29, 0.717) is 5.57 Å². The van der Waals surface area contributed by atoms with Crippen LogP contribution in [0.25, 0.3) is 6.08 Å². The second-order valence-corrected chi connectivity index (χ2v) is 5.71. The summed E-state index contributed by atoms with van der Waals surface area (Å²) < 4.78 is 1.28. The van der Waals surface area contributed by atoms with Gasteiger partial charge in [-0.3, -0.25) is 4.79 Å². The Kier molecular flexibility index (Phi) is 4.03. The van der Waals surface area contributed by atoms with E-state index in [1.54, 1.807) is 12.2 Å². The number of aliphatic imine (C=N–C) groups is 1. The summed E-state index contributed by atoms with van der Waals surface area (Å²) in [5.74, 6) is -1.04. The van der Waals surface area contributed by atoms with E-state index in [4.69, 9.17) is 5.73 Å². The summed E-state index contributed by atoms with van der Waals surface area (Å²) in [6, 6.07) is 11.0. The highest BCUT2D eigenvalue weighted by Gasteiger charge is 2.48. The molecule has 0 bridgehead atoms. The lowest BCUT2D eigenvalue weighted by atomic mass is 9.87. The number of hydrogen-bond donors (Lipinski definition) is 1. The van der Waals surface area contributed by atoms with Gasteiger partial charge in [0.2, 0.25) is 5.84 Å². The fraction of sp³-hybridized carbons (Fsp3) is 0.167. The molecule has 2 aliphatic heterocycles. The Morgan fingerprint density at radius 1 is 1.28 bits per heavy atom. The predicted molar refractivity (Wildman–Crippen MR) is 92.6 cm³/mol. The SMILES string of the molecule is CN1C(=O)C2C(/C=C/c3ccccc3)=C(C#N)C(N)=NC2=[N+](C)C1=O. The number of carbonyl (C=O) groups excluding carboxylic acids is 2. The van der Waals surface area contributed by atoms with Crippen molar-refractivity contribution in [3.63, 3.8) is 0 Å². The van der Waals surface area contributed by atoms with E-state index >= 15 is 0 Å². The number of nitrogens with two attached hydrogens (primary N) is 1. The van der Waals surface area contributed by atoms with Crippen molar-refractivity contribution in [3.8, 4) is 6.07 Å². The molecular formula is C18H16N5O2+. The first-order valence-electron chi connectivity index (χ1n) is 7.59. The minimum absolute atomic E-state index is 0.00142. The third-order valence-electron chi connectivity index (χ3n) is 4.21. The highest BCUT2D eigenvalue weighted by atomic mass is 16.2. The third kappa shape index (κ3) is 2.64. The van der Waals surface area contributed by atoms with Crippen molar-refractivity contribution in [1.82, 2.24) is 4.90 Å². The van der Waals surface area contributed by atoms with Crippen LogP contribution in [0.15, 0.2) is 52.5 Å². The number of benzene rings is 1. The monoisotopic (exact) mass is 334 g/mol. The molecule has 0 aliphatic carbocycles. The maximum atomic E-state index is 12.7. The first kappa shape index (κ1) is 16.3. The summed E-state index contributed by atoms with van der Waals surface area (Å²) in [4.78, 5) is 30.0. The molecule has 1 unspecified atom stereocenters. The van der Waals surface area contributed by atoms with E-state index in [1.807, 2.05) is 36.4 Å². The number of fused-ring (bicyclic) bond motifs is 1. The van der Waals surface area contributed by atoms with Crippen LogP contribution in [0.2, 0.25) is 0 Å². The highest BCUT2D eigenvalue weighted by Crippen LogP contribution is 2.29. The topological polar surface area (TPSA) is 103 Å². The molecule has 0 saturated heterocycles. The Morgan fingerprint density at radius 2 is 1.96 bits per heavy atom. The molecule has 0 saturated carbocycles. The van der Waals surface area contributed by atoms with Gasteiger partial charge >= 0.3 is 11.9 Å². The van der Waals surface area contributed by atoms with Crippen molar-refractivity contribution in [2.45, 2.75) is 0 Å². The highest BCUT2D eigenvalue weighted by molar-refractivity contribution is 6.21. The number of rotatable bonds is 2. The Balaban J connectivity index is 2.18. The Morgan fingerprint density at radius 3 is 2.60 bits per heavy atom. The molecule has 0 aromatic heterocycles. The molecule has 2 aliphatic rings. The van der Waals surface area contributed by atoms with Crippen LogP contribution >= 0.6 is 0 Å². The molecule has 2 N–H and O–H groups in total. The van der Waals surface area contributed by atoms with Gasteiger partial charge < -0.3 is 5.73 Å². The van der Waals surface area contributed by atoms with Crippen LogP contribution in [0.1, 0.15) is 5.56 Å². The second-order valence-electron chi connectivity index (χ2n) is 5.71. The van der Waals surface area contributed by atoms with Crippen molar-refractivity contribution in [3.05, 3.63) is 53.1 Å². The summed E-state index contributed by atoms with van der Waals surface area (Å²) in [7, 11) is 2.94. The number of nitrogens with zero attached hydrogens (tertiary/aromatic N) is 4. The van der Waals surface area contributed by atoms with E-state index < -0.39 is 17.9 Å². The van der Waals surface area contributed by atoms with Gasteiger partial charge in [-0.2, -0.15) is 14.7 Å². The largest absolute Gasteiger partial charge is 0.445 e. The third-order valence-corrected chi connectivity index (χ3v) is 4.21. The average Bonchev–Trinajstić information content (AvgIpc) is 2.63. The molecule has 0 radical (unpaired) electrons. The lowest BCUT2D eigenvalue weighted by molar-refractivity contribution is -0.407. The molecule has 7 heteroatoms. The number of hydrogen-bond acceptors (Lipinski definition) is 5. The molecule has 124 valence electrons.